The number of carbonyl (C=O) groups is 5. The number of aliphatic carboxylic acids is 3. The van der Waals surface area contributed by atoms with Gasteiger partial charge in [-0.25, -0.2) is 4.79 Å². The van der Waals surface area contributed by atoms with Gasteiger partial charge in [0.15, 0.2) is 0 Å². The van der Waals surface area contributed by atoms with Gasteiger partial charge < -0.3 is 36.5 Å². The van der Waals surface area contributed by atoms with Crippen LogP contribution in [0, 0.1) is 5.92 Å². The lowest BCUT2D eigenvalue weighted by molar-refractivity contribution is -0.416. The van der Waals surface area contributed by atoms with E-state index in [4.69, 9.17) is 24.7 Å². The monoisotopic (exact) mass is 571 g/mol. The highest BCUT2D eigenvalue weighted by Gasteiger charge is 2.34. The summed E-state index contributed by atoms with van der Waals surface area (Å²) in [4.78, 5) is 55.6. The fourth-order valence-corrected chi connectivity index (χ4v) is 3.07. The van der Waals surface area contributed by atoms with Crippen LogP contribution in [0.4, 0.5) is 13.2 Å². The number of halogens is 3. The molecular weight excluding hydrogens is 543 g/mol. The number of alkyl halides is 3. The van der Waals surface area contributed by atoms with E-state index in [1.54, 1.807) is 13.8 Å². The van der Waals surface area contributed by atoms with E-state index in [9.17, 15) is 40.8 Å². The lowest BCUT2D eigenvalue weighted by Gasteiger charge is -2.26. The molecule has 36 heavy (non-hydrogen) atoms. The largest absolute Gasteiger partial charge is 0.542 e. The highest BCUT2D eigenvalue weighted by atomic mass is 32.2. The van der Waals surface area contributed by atoms with E-state index in [1.807, 2.05) is 0 Å². The Kier molecular flexibility index (Phi) is 15.3. The van der Waals surface area contributed by atoms with Crippen LogP contribution in [0.25, 0.3) is 0 Å². The van der Waals surface area contributed by atoms with E-state index in [2.05, 4.69) is 29.0 Å². The van der Waals surface area contributed by atoms with E-state index in [1.165, 1.54) is 0 Å². The smallest absolute Gasteiger partial charge is 0.430 e. The van der Waals surface area contributed by atoms with Gasteiger partial charge in [-0.2, -0.15) is 34.2 Å². The Balaban J connectivity index is 0. The van der Waals surface area contributed by atoms with Crippen molar-refractivity contribution in [1.29, 1.82) is 0 Å². The second kappa shape index (κ2) is 15.5. The Morgan fingerprint density at radius 2 is 1.56 bits per heavy atom. The van der Waals surface area contributed by atoms with Crippen molar-refractivity contribution < 1.29 is 71.2 Å². The second-order valence-electron chi connectivity index (χ2n) is 7.43. The Labute approximate surface area is 208 Å². The van der Waals surface area contributed by atoms with Crippen molar-refractivity contribution in [2.24, 2.45) is 5.92 Å². The van der Waals surface area contributed by atoms with E-state index >= 15 is 0 Å². The van der Waals surface area contributed by atoms with Crippen molar-refractivity contribution in [3.8, 4) is 0 Å². The van der Waals surface area contributed by atoms with Gasteiger partial charge in [0.2, 0.25) is 11.8 Å². The van der Waals surface area contributed by atoms with Gasteiger partial charge in [-0.3, -0.25) is 18.9 Å². The van der Waals surface area contributed by atoms with Crippen LogP contribution < -0.4 is 21.5 Å². The van der Waals surface area contributed by atoms with E-state index in [0.717, 1.165) is 0 Å². The topological polar surface area (TPSA) is 255 Å². The van der Waals surface area contributed by atoms with E-state index in [-0.39, 0.29) is 6.42 Å². The molecular formula is C17H28F3N3O11S2. The third-order valence-corrected chi connectivity index (χ3v) is 5.89. The lowest BCUT2D eigenvalue weighted by Crippen LogP contribution is -2.68. The molecule has 5 atom stereocenters. The van der Waals surface area contributed by atoms with Crippen LogP contribution in [0.3, 0.4) is 0 Å². The number of rotatable bonds is 13. The molecule has 0 saturated heterocycles. The van der Waals surface area contributed by atoms with Gasteiger partial charge in [0.05, 0.1) is 12.2 Å². The number of carboxylic acid groups (broad SMARTS) is 3. The quantitative estimate of drug-likeness (QED) is 0.0868. The van der Waals surface area contributed by atoms with Crippen molar-refractivity contribution in [2.75, 3.05) is 5.75 Å². The molecule has 0 aliphatic carbocycles. The van der Waals surface area contributed by atoms with Crippen LogP contribution in [-0.4, -0.2) is 88.2 Å². The molecule has 0 aromatic heterocycles. The minimum atomic E-state index is -5.19. The Hall–Kier alpha value is -2.64. The summed E-state index contributed by atoms with van der Waals surface area (Å²) < 4.78 is 62.0. The van der Waals surface area contributed by atoms with Crippen molar-refractivity contribution in [2.45, 2.75) is 62.7 Å². The fourth-order valence-electron chi connectivity index (χ4n) is 2.25. The number of hydrogen-bond acceptors (Lipinski definition) is 9. The first-order valence-electron chi connectivity index (χ1n) is 9.93. The SMILES string of the molecule is CC[C@H](C)[C@@H](NC(=O)[C@@H](S)[C@H]([NH3+])CCS(=O)(=O)O)C(=O)N[C@@H](CC(=O)O)C(=O)O.O=C([O-])C(F)(F)F. The van der Waals surface area contributed by atoms with Crippen molar-refractivity contribution in [1.82, 2.24) is 10.6 Å². The molecule has 210 valence electrons. The van der Waals surface area contributed by atoms with Crippen LogP contribution in [-0.2, 0) is 34.1 Å². The molecule has 2 amide bonds. The first-order chi connectivity index (χ1) is 16.1. The Morgan fingerprint density at radius 3 is 1.89 bits per heavy atom. The summed E-state index contributed by atoms with van der Waals surface area (Å²) >= 11 is 4.08. The molecule has 8 N–H and O–H groups in total. The van der Waals surface area contributed by atoms with Crippen molar-refractivity contribution >= 4 is 52.5 Å². The van der Waals surface area contributed by atoms with E-state index < -0.39 is 87.5 Å². The summed E-state index contributed by atoms with van der Waals surface area (Å²) in [6, 6.07) is -3.66. The maximum absolute atomic E-state index is 12.5. The van der Waals surface area contributed by atoms with Gasteiger partial charge >= 0.3 is 18.1 Å². The molecule has 0 heterocycles. The highest BCUT2D eigenvalue weighted by Crippen LogP contribution is 2.12. The molecule has 0 unspecified atom stereocenters. The molecule has 0 aromatic rings. The minimum Gasteiger partial charge on any atom is -0.542 e. The average Bonchev–Trinajstić information content (AvgIpc) is 2.72. The third-order valence-electron chi connectivity index (χ3n) is 4.48. The van der Waals surface area contributed by atoms with Gasteiger partial charge in [0, 0.05) is 6.42 Å². The number of carbonyl (C=O) groups excluding carboxylic acids is 3. The van der Waals surface area contributed by atoms with Crippen LogP contribution in [0.2, 0.25) is 0 Å². The number of carboxylic acids is 3. The third kappa shape index (κ3) is 15.4. The van der Waals surface area contributed by atoms with Crippen LogP contribution in [0.5, 0.6) is 0 Å². The van der Waals surface area contributed by atoms with Crippen LogP contribution in [0.15, 0.2) is 0 Å². The van der Waals surface area contributed by atoms with Gasteiger partial charge in [-0.1, -0.05) is 20.3 Å². The van der Waals surface area contributed by atoms with Crippen LogP contribution >= 0.6 is 12.6 Å². The molecule has 0 fully saturated rings. The number of thiol groups is 1. The van der Waals surface area contributed by atoms with Crippen molar-refractivity contribution in [3.05, 3.63) is 0 Å². The molecule has 0 aromatic carbocycles. The molecule has 0 spiro atoms. The van der Waals surface area contributed by atoms with Crippen LogP contribution in [0.1, 0.15) is 33.1 Å². The summed E-state index contributed by atoms with van der Waals surface area (Å²) in [5.41, 5.74) is 3.63. The maximum atomic E-state index is 12.5. The summed E-state index contributed by atoms with van der Waals surface area (Å²) in [5.74, 6) is -8.63. The molecule has 0 aliphatic heterocycles. The molecule has 19 heteroatoms. The fraction of sp³-hybridized carbons (Fsp3) is 0.706. The minimum absolute atomic E-state index is 0.152. The van der Waals surface area contributed by atoms with Gasteiger partial charge in [-0.15, -0.1) is 0 Å². The number of hydrogen-bond donors (Lipinski definition) is 7. The first-order valence-corrected chi connectivity index (χ1v) is 12.1. The Morgan fingerprint density at radius 1 is 1.08 bits per heavy atom. The maximum Gasteiger partial charge on any atom is 0.430 e. The molecule has 0 aliphatic rings. The average molecular weight is 572 g/mol. The molecule has 0 saturated carbocycles. The Bertz CT molecular complexity index is 900. The van der Waals surface area contributed by atoms with Gasteiger partial charge in [0.25, 0.3) is 10.1 Å². The standard InChI is InChI=1S/C15H27N3O9S2.C2HF3O2/c1-3-7(2)11(13(21)17-9(15(23)24)6-10(19)20)18-14(22)12(28)8(16)4-5-29(25,26)27;3-2(4,5)1(6)7/h7-9,11-12,28H,3-6,16H2,1-2H3,(H,17,21)(H,18,22)(H,19,20)(H,23,24)(H,25,26,27);(H,6,7)/t7-,8+,9-,11+,12-;/m0./s1. The van der Waals surface area contributed by atoms with Gasteiger partial charge in [0.1, 0.15) is 29.3 Å². The first kappa shape index (κ1) is 35.5. The summed E-state index contributed by atoms with van der Waals surface area (Å²) in [7, 11) is -4.24. The summed E-state index contributed by atoms with van der Waals surface area (Å²) in [5, 5.41) is 30.0. The lowest BCUT2D eigenvalue weighted by atomic mass is 9.97. The molecule has 0 radical (unpaired) electrons. The van der Waals surface area contributed by atoms with Crippen molar-refractivity contribution in [3.63, 3.8) is 0 Å². The predicted octanol–water partition coefficient (Wildman–Crippen LogP) is -2.95. The zero-order valence-corrected chi connectivity index (χ0v) is 20.7. The molecule has 14 nitrogen and oxygen atoms in total. The predicted molar refractivity (Wildman–Crippen MR) is 115 cm³/mol. The van der Waals surface area contributed by atoms with Gasteiger partial charge in [-0.05, 0) is 5.92 Å². The second-order valence-corrected chi connectivity index (χ2v) is 9.56. The number of amides is 2. The highest BCUT2D eigenvalue weighted by molar-refractivity contribution is 7.85. The van der Waals surface area contributed by atoms with E-state index in [0.29, 0.717) is 6.42 Å². The zero-order valence-electron chi connectivity index (χ0n) is 19.0. The normalized spacial score (nSPS) is 15.7. The summed E-state index contributed by atoms with van der Waals surface area (Å²) in [6.07, 6.45) is -5.75. The molecule has 0 bridgehead atoms. The molecule has 0 rings (SSSR count). The number of nitrogens with one attached hydrogen (secondary N) is 2. The number of quaternary nitrogens is 1. The summed E-state index contributed by atoms with van der Waals surface area (Å²) in [6.45, 7) is 3.36. The zero-order chi connectivity index (χ0) is 29.0.